The van der Waals surface area contributed by atoms with E-state index in [0.717, 1.165) is 52.1 Å². The molecule has 2 heterocycles. The fourth-order valence-electron chi connectivity index (χ4n) is 5.57. The van der Waals surface area contributed by atoms with E-state index in [1.807, 2.05) is 0 Å². The summed E-state index contributed by atoms with van der Waals surface area (Å²) in [6.07, 6.45) is 3.30. The minimum absolute atomic E-state index is 0.0135. The van der Waals surface area contributed by atoms with Gasteiger partial charge in [0.25, 0.3) is 0 Å². The molecule has 2 aliphatic heterocycles. The van der Waals surface area contributed by atoms with Gasteiger partial charge in [-0.15, -0.1) is 0 Å². The summed E-state index contributed by atoms with van der Waals surface area (Å²) in [6.45, 7) is 5.25. The third-order valence-corrected chi connectivity index (χ3v) is 7.35. The van der Waals surface area contributed by atoms with Gasteiger partial charge in [0.2, 0.25) is 5.91 Å². The van der Waals surface area contributed by atoms with E-state index in [-0.39, 0.29) is 12.1 Å². The maximum atomic E-state index is 13.6. The Bertz CT molecular complexity index is 993. The highest BCUT2D eigenvalue weighted by Gasteiger charge is 2.34. The summed E-state index contributed by atoms with van der Waals surface area (Å²) < 4.78 is 0. The van der Waals surface area contributed by atoms with Gasteiger partial charge >= 0.3 is 0 Å². The maximum absolute atomic E-state index is 13.6. The van der Waals surface area contributed by atoms with Crippen LogP contribution in [0.25, 0.3) is 0 Å². The van der Waals surface area contributed by atoms with Crippen molar-refractivity contribution in [3.63, 3.8) is 0 Å². The Labute approximate surface area is 203 Å². The van der Waals surface area contributed by atoms with Crippen LogP contribution in [0.2, 0.25) is 0 Å². The SMILES string of the molecule is O=C([C@@H]1CCCCN1Cc1ccccc1)N1CCN(C(c2ccccc2)c2ccccc2)CC1. The number of piperazine rings is 1. The Morgan fingerprint density at radius 3 is 1.85 bits per heavy atom. The Hall–Kier alpha value is -2.95. The first-order chi connectivity index (χ1) is 16.8. The number of nitrogens with zero attached hydrogens (tertiary/aromatic N) is 3. The highest BCUT2D eigenvalue weighted by atomic mass is 16.2. The fourth-order valence-corrected chi connectivity index (χ4v) is 5.57. The lowest BCUT2D eigenvalue weighted by Crippen LogP contribution is -2.56. The molecule has 0 unspecified atom stereocenters. The molecule has 1 atom stereocenters. The topological polar surface area (TPSA) is 26.8 Å². The highest BCUT2D eigenvalue weighted by Crippen LogP contribution is 2.30. The number of hydrogen-bond donors (Lipinski definition) is 0. The summed E-state index contributed by atoms with van der Waals surface area (Å²) in [5, 5.41) is 0. The second-order valence-electron chi connectivity index (χ2n) is 9.55. The predicted octanol–water partition coefficient (Wildman–Crippen LogP) is 4.97. The molecule has 1 amide bonds. The zero-order chi connectivity index (χ0) is 23.2. The molecule has 0 radical (unpaired) electrons. The molecule has 0 saturated carbocycles. The van der Waals surface area contributed by atoms with Crippen LogP contribution in [0.3, 0.4) is 0 Å². The normalized spacial score (nSPS) is 19.9. The van der Waals surface area contributed by atoms with Gasteiger partial charge < -0.3 is 4.90 Å². The number of likely N-dealkylation sites (tertiary alicyclic amines) is 1. The van der Waals surface area contributed by atoms with Crippen molar-refractivity contribution in [2.75, 3.05) is 32.7 Å². The molecule has 0 aliphatic carbocycles. The average molecular weight is 454 g/mol. The van der Waals surface area contributed by atoms with Crippen LogP contribution >= 0.6 is 0 Å². The Kier molecular flexibility index (Phi) is 7.37. The van der Waals surface area contributed by atoms with Crippen LogP contribution in [0.1, 0.15) is 42.0 Å². The molecule has 176 valence electrons. The summed E-state index contributed by atoms with van der Waals surface area (Å²) in [6, 6.07) is 32.3. The van der Waals surface area contributed by atoms with E-state index < -0.39 is 0 Å². The molecular formula is C30H35N3O. The first-order valence-electron chi connectivity index (χ1n) is 12.7. The predicted molar refractivity (Wildman–Crippen MR) is 137 cm³/mol. The second-order valence-corrected chi connectivity index (χ2v) is 9.55. The van der Waals surface area contributed by atoms with Crippen molar-refractivity contribution in [2.24, 2.45) is 0 Å². The number of hydrogen-bond acceptors (Lipinski definition) is 3. The number of carbonyl (C=O) groups is 1. The number of benzene rings is 3. The monoisotopic (exact) mass is 453 g/mol. The molecule has 4 nitrogen and oxygen atoms in total. The van der Waals surface area contributed by atoms with Gasteiger partial charge in [0.15, 0.2) is 0 Å². The molecule has 0 spiro atoms. The zero-order valence-corrected chi connectivity index (χ0v) is 19.9. The molecule has 0 N–H and O–H groups in total. The first-order valence-corrected chi connectivity index (χ1v) is 12.7. The summed E-state index contributed by atoms with van der Waals surface area (Å²) >= 11 is 0. The van der Waals surface area contributed by atoms with Crippen molar-refractivity contribution in [3.05, 3.63) is 108 Å². The summed E-state index contributed by atoms with van der Waals surface area (Å²) in [7, 11) is 0. The van der Waals surface area contributed by atoms with Gasteiger partial charge in [-0.1, -0.05) is 97.4 Å². The van der Waals surface area contributed by atoms with Gasteiger partial charge in [-0.3, -0.25) is 14.6 Å². The quantitative estimate of drug-likeness (QED) is 0.527. The molecule has 3 aromatic rings. The minimum Gasteiger partial charge on any atom is -0.339 e. The van der Waals surface area contributed by atoms with Crippen molar-refractivity contribution < 1.29 is 4.79 Å². The third kappa shape index (κ3) is 5.24. The molecule has 0 bridgehead atoms. The standard InChI is InChI=1S/C30H35N3O/c34-30(28-18-10-11-19-33(28)24-25-12-4-1-5-13-25)32-22-20-31(21-23-32)29(26-14-6-2-7-15-26)27-16-8-3-9-17-27/h1-9,12-17,28-29H,10-11,18-24H2/t28-/m0/s1. The van der Waals surface area contributed by atoms with Crippen LogP contribution in [0.15, 0.2) is 91.0 Å². The van der Waals surface area contributed by atoms with E-state index in [1.54, 1.807) is 0 Å². The molecule has 5 rings (SSSR count). The highest BCUT2D eigenvalue weighted by molar-refractivity contribution is 5.82. The zero-order valence-electron chi connectivity index (χ0n) is 19.9. The summed E-state index contributed by atoms with van der Waals surface area (Å²) in [5.41, 5.74) is 3.92. The van der Waals surface area contributed by atoms with Gasteiger partial charge in [0.05, 0.1) is 12.1 Å². The van der Waals surface area contributed by atoms with E-state index in [4.69, 9.17) is 0 Å². The number of amides is 1. The number of piperidine rings is 1. The van der Waals surface area contributed by atoms with Crippen LogP contribution in [0.5, 0.6) is 0 Å². The number of rotatable bonds is 6. The lowest BCUT2D eigenvalue weighted by atomic mass is 9.96. The van der Waals surface area contributed by atoms with Crippen LogP contribution < -0.4 is 0 Å². The summed E-state index contributed by atoms with van der Waals surface area (Å²) in [5.74, 6) is 0.325. The smallest absolute Gasteiger partial charge is 0.240 e. The number of carbonyl (C=O) groups excluding carboxylic acids is 1. The molecule has 3 aromatic carbocycles. The van der Waals surface area contributed by atoms with Crippen molar-refractivity contribution >= 4 is 5.91 Å². The largest absolute Gasteiger partial charge is 0.339 e. The van der Waals surface area contributed by atoms with Crippen LogP contribution in [-0.4, -0.2) is 59.4 Å². The van der Waals surface area contributed by atoms with Crippen molar-refractivity contribution in [1.82, 2.24) is 14.7 Å². The molecule has 34 heavy (non-hydrogen) atoms. The Morgan fingerprint density at radius 1 is 0.706 bits per heavy atom. The molecule has 4 heteroatoms. The van der Waals surface area contributed by atoms with Crippen molar-refractivity contribution in [3.8, 4) is 0 Å². The maximum Gasteiger partial charge on any atom is 0.240 e. The van der Waals surface area contributed by atoms with E-state index in [2.05, 4.69) is 106 Å². The van der Waals surface area contributed by atoms with Gasteiger partial charge in [-0.2, -0.15) is 0 Å². The molecule has 0 aromatic heterocycles. The molecular weight excluding hydrogens is 418 g/mol. The van der Waals surface area contributed by atoms with Gasteiger partial charge in [0.1, 0.15) is 0 Å². The Balaban J connectivity index is 1.26. The molecule has 2 fully saturated rings. The lowest BCUT2D eigenvalue weighted by Gasteiger charge is -2.43. The summed E-state index contributed by atoms with van der Waals surface area (Å²) in [4.78, 5) is 20.7. The van der Waals surface area contributed by atoms with E-state index in [0.29, 0.717) is 5.91 Å². The van der Waals surface area contributed by atoms with Crippen molar-refractivity contribution in [1.29, 1.82) is 0 Å². The van der Waals surface area contributed by atoms with E-state index in [1.165, 1.54) is 23.1 Å². The molecule has 2 saturated heterocycles. The first kappa shape index (κ1) is 22.8. The van der Waals surface area contributed by atoms with Crippen LogP contribution in [0.4, 0.5) is 0 Å². The fraction of sp³-hybridized carbons (Fsp3) is 0.367. The van der Waals surface area contributed by atoms with E-state index in [9.17, 15) is 4.79 Å². The molecule has 2 aliphatic rings. The van der Waals surface area contributed by atoms with Gasteiger partial charge in [-0.05, 0) is 36.1 Å². The van der Waals surface area contributed by atoms with E-state index >= 15 is 0 Å². The lowest BCUT2D eigenvalue weighted by molar-refractivity contribution is -0.140. The second kappa shape index (κ2) is 11.0. The van der Waals surface area contributed by atoms with Crippen LogP contribution in [-0.2, 0) is 11.3 Å². The van der Waals surface area contributed by atoms with Crippen LogP contribution in [0, 0.1) is 0 Å². The Morgan fingerprint density at radius 2 is 1.26 bits per heavy atom. The average Bonchev–Trinajstić information content (AvgIpc) is 2.91. The van der Waals surface area contributed by atoms with Gasteiger partial charge in [0, 0.05) is 32.7 Å². The minimum atomic E-state index is 0.0135. The van der Waals surface area contributed by atoms with Gasteiger partial charge in [-0.25, -0.2) is 0 Å². The van der Waals surface area contributed by atoms with Crippen molar-refractivity contribution in [2.45, 2.75) is 37.9 Å². The third-order valence-electron chi connectivity index (χ3n) is 7.35.